The highest BCUT2D eigenvalue weighted by molar-refractivity contribution is 5.93. The summed E-state index contributed by atoms with van der Waals surface area (Å²) in [6.45, 7) is 0. The third-order valence-corrected chi connectivity index (χ3v) is 3.45. The largest absolute Gasteiger partial charge is 0.496 e. The monoisotopic (exact) mass is 282 g/mol. The number of methoxy groups -OCH3 is 1. The lowest BCUT2D eigenvalue weighted by atomic mass is 9.98. The van der Waals surface area contributed by atoms with E-state index >= 15 is 0 Å². The van der Waals surface area contributed by atoms with Gasteiger partial charge in [0.25, 0.3) is 0 Å². The number of benzene rings is 2. The van der Waals surface area contributed by atoms with Crippen molar-refractivity contribution in [3.05, 3.63) is 48.2 Å². The molecule has 1 heterocycles. The van der Waals surface area contributed by atoms with Gasteiger partial charge < -0.3 is 9.84 Å². The average Bonchev–Trinajstić information content (AvgIpc) is 3.00. The van der Waals surface area contributed by atoms with Gasteiger partial charge in [0, 0.05) is 17.3 Å². The molecule has 106 valence electrons. The number of aromatic amines is 1. The molecule has 0 aliphatic heterocycles. The number of carboxylic acid groups (broad SMARTS) is 1. The van der Waals surface area contributed by atoms with E-state index in [-0.39, 0.29) is 6.42 Å². The number of aliphatic carboxylic acids is 1. The number of fused-ring (bicyclic) bond motifs is 1. The van der Waals surface area contributed by atoms with Crippen molar-refractivity contribution >= 4 is 16.7 Å². The lowest BCUT2D eigenvalue weighted by Gasteiger charge is -2.11. The Morgan fingerprint density at radius 1 is 1.29 bits per heavy atom. The topological polar surface area (TPSA) is 75.2 Å². The van der Waals surface area contributed by atoms with Crippen LogP contribution in [0.25, 0.3) is 22.0 Å². The van der Waals surface area contributed by atoms with Crippen LogP contribution in [-0.2, 0) is 11.2 Å². The van der Waals surface area contributed by atoms with Crippen molar-refractivity contribution in [2.75, 3.05) is 7.11 Å². The molecule has 3 aromatic rings. The predicted molar refractivity (Wildman–Crippen MR) is 79.4 cm³/mol. The first kappa shape index (κ1) is 13.2. The normalized spacial score (nSPS) is 10.7. The van der Waals surface area contributed by atoms with Crippen molar-refractivity contribution in [1.29, 1.82) is 0 Å². The van der Waals surface area contributed by atoms with Gasteiger partial charge in [-0.3, -0.25) is 9.89 Å². The van der Waals surface area contributed by atoms with Gasteiger partial charge in [-0.2, -0.15) is 5.10 Å². The highest BCUT2D eigenvalue weighted by Crippen LogP contribution is 2.31. The van der Waals surface area contributed by atoms with Gasteiger partial charge in [-0.05, 0) is 29.0 Å². The molecule has 2 aromatic carbocycles. The summed E-state index contributed by atoms with van der Waals surface area (Å²) in [6, 6.07) is 11.5. The van der Waals surface area contributed by atoms with E-state index in [0.717, 1.165) is 22.0 Å². The summed E-state index contributed by atoms with van der Waals surface area (Å²) in [5.74, 6) is -0.280. The van der Waals surface area contributed by atoms with Gasteiger partial charge in [0.15, 0.2) is 0 Å². The van der Waals surface area contributed by atoms with Crippen LogP contribution >= 0.6 is 0 Å². The fraction of sp³-hybridized carbons (Fsp3) is 0.125. The summed E-state index contributed by atoms with van der Waals surface area (Å²) in [4.78, 5) is 11.1. The summed E-state index contributed by atoms with van der Waals surface area (Å²) in [5.41, 5.74) is 2.62. The summed E-state index contributed by atoms with van der Waals surface area (Å²) in [7, 11) is 1.55. The number of hydrogen-bond donors (Lipinski definition) is 2. The molecule has 5 nitrogen and oxygen atoms in total. The minimum atomic E-state index is -0.876. The Hall–Kier alpha value is -2.82. The second kappa shape index (κ2) is 5.28. The van der Waals surface area contributed by atoms with E-state index in [1.165, 1.54) is 0 Å². The quantitative estimate of drug-likeness (QED) is 0.771. The molecule has 0 spiro atoms. The third-order valence-electron chi connectivity index (χ3n) is 3.45. The fourth-order valence-electron chi connectivity index (χ4n) is 2.48. The van der Waals surface area contributed by atoms with Crippen LogP contribution in [0.5, 0.6) is 5.75 Å². The molecule has 2 N–H and O–H groups in total. The van der Waals surface area contributed by atoms with Gasteiger partial charge in [-0.1, -0.05) is 18.2 Å². The molecule has 0 unspecified atom stereocenters. The molecule has 0 aliphatic carbocycles. The van der Waals surface area contributed by atoms with E-state index in [2.05, 4.69) is 10.2 Å². The maximum Gasteiger partial charge on any atom is 0.307 e. The molecule has 0 fully saturated rings. The Labute approximate surface area is 121 Å². The summed E-state index contributed by atoms with van der Waals surface area (Å²) in [5, 5.41) is 17.8. The standard InChI is InChI=1S/C16H14N2O3/c1-21-15-5-3-10-8-11(14-6-7-17-18-14)2-4-12(10)13(15)9-16(19)20/h2-8H,9H2,1H3,(H,17,18)(H,19,20). The number of ether oxygens (including phenoxy) is 1. The number of carboxylic acids is 1. The third kappa shape index (κ3) is 2.45. The van der Waals surface area contributed by atoms with Crippen molar-refractivity contribution in [3.8, 4) is 17.0 Å². The summed E-state index contributed by atoms with van der Waals surface area (Å²) < 4.78 is 5.28. The molecule has 3 rings (SSSR count). The van der Waals surface area contributed by atoms with Crippen molar-refractivity contribution in [2.45, 2.75) is 6.42 Å². The first-order valence-electron chi connectivity index (χ1n) is 6.50. The van der Waals surface area contributed by atoms with Crippen molar-refractivity contribution < 1.29 is 14.6 Å². The van der Waals surface area contributed by atoms with Crippen LogP contribution in [0.1, 0.15) is 5.56 Å². The zero-order valence-electron chi connectivity index (χ0n) is 11.5. The van der Waals surface area contributed by atoms with Crippen LogP contribution in [0.3, 0.4) is 0 Å². The lowest BCUT2D eigenvalue weighted by Crippen LogP contribution is -2.03. The van der Waals surface area contributed by atoms with E-state index in [1.54, 1.807) is 19.4 Å². The highest BCUT2D eigenvalue weighted by atomic mass is 16.5. The SMILES string of the molecule is COc1ccc2cc(-c3ccn[nH]3)ccc2c1CC(=O)O. The molecule has 0 amide bonds. The molecule has 0 radical (unpaired) electrons. The van der Waals surface area contributed by atoms with Gasteiger partial charge in [0.05, 0.1) is 19.2 Å². The van der Waals surface area contributed by atoms with Crippen LogP contribution in [0, 0.1) is 0 Å². The van der Waals surface area contributed by atoms with Gasteiger partial charge in [0.1, 0.15) is 5.75 Å². The van der Waals surface area contributed by atoms with E-state index < -0.39 is 5.97 Å². The predicted octanol–water partition coefficient (Wildman–Crippen LogP) is 2.87. The second-order valence-electron chi connectivity index (χ2n) is 4.72. The summed E-state index contributed by atoms with van der Waals surface area (Å²) in [6.07, 6.45) is 1.63. The minimum Gasteiger partial charge on any atom is -0.496 e. The van der Waals surface area contributed by atoms with Crippen molar-refractivity contribution in [2.24, 2.45) is 0 Å². The number of carbonyl (C=O) groups is 1. The van der Waals surface area contributed by atoms with Crippen molar-refractivity contribution in [3.63, 3.8) is 0 Å². The first-order chi connectivity index (χ1) is 10.2. The van der Waals surface area contributed by atoms with Crippen LogP contribution < -0.4 is 4.74 Å². The first-order valence-corrected chi connectivity index (χ1v) is 6.50. The Balaban J connectivity index is 2.17. The smallest absolute Gasteiger partial charge is 0.307 e. The number of nitrogens with one attached hydrogen (secondary N) is 1. The molecule has 0 aliphatic rings. The highest BCUT2D eigenvalue weighted by Gasteiger charge is 2.12. The molecule has 0 saturated carbocycles. The second-order valence-corrected chi connectivity index (χ2v) is 4.72. The van der Waals surface area contributed by atoms with Crippen LogP contribution in [0.15, 0.2) is 42.6 Å². The fourth-order valence-corrected chi connectivity index (χ4v) is 2.48. The zero-order valence-corrected chi connectivity index (χ0v) is 11.5. The van der Waals surface area contributed by atoms with E-state index in [1.807, 2.05) is 30.3 Å². The molecule has 5 heteroatoms. The Kier molecular flexibility index (Phi) is 3.31. The minimum absolute atomic E-state index is 0.0656. The number of nitrogens with zero attached hydrogens (tertiary/aromatic N) is 1. The Bertz CT molecular complexity index is 795. The maximum atomic E-state index is 11.1. The Morgan fingerprint density at radius 3 is 2.81 bits per heavy atom. The molecule has 0 bridgehead atoms. The Morgan fingerprint density at radius 2 is 2.14 bits per heavy atom. The van der Waals surface area contributed by atoms with Gasteiger partial charge >= 0.3 is 5.97 Å². The van der Waals surface area contributed by atoms with Crippen molar-refractivity contribution in [1.82, 2.24) is 10.2 Å². The molecular formula is C16H14N2O3. The number of rotatable bonds is 4. The number of aromatic nitrogens is 2. The van der Waals surface area contributed by atoms with E-state index in [4.69, 9.17) is 9.84 Å². The molecule has 1 aromatic heterocycles. The maximum absolute atomic E-state index is 11.1. The zero-order chi connectivity index (χ0) is 14.8. The average molecular weight is 282 g/mol. The van der Waals surface area contributed by atoms with Crippen LogP contribution in [0.4, 0.5) is 0 Å². The number of hydrogen-bond acceptors (Lipinski definition) is 3. The molecule has 21 heavy (non-hydrogen) atoms. The summed E-state index contributed by atoms with van der Waals surface area (Å²) >= 11 is 0. The lowest BCUT2D eigenvalue weighted by molar-refractivity contribution is -0.136. The van der Waals surface area contributed by atoms with Crippen LogP contribution in [0.2, 0.25) is 0 Å². The van der Waals surface area contributed by atoms with Gasteiger partial charge in [-0.25, -0.2) is 0 Å². The molecular weight excluding hydrogens is 268 g/mol. The molecule has 0 saturated heterocycles. The van der Waals surface area contributed by atoms with E-state index in [0.29, 0.717) is 11.3 Å². The number of H-pyrrole nitrogens is 1. The van der Waals surface area contributed by atoms with Crippen LogP contribution in [-0.4, -0.2) is 28.4 Å². The van der Waals surface area contributed by atoms with E-state index in [9.17, 15) is 4.79 Å². The van der Waals surface area contributed by atoms with Gasteiger partial charge in [0.2, 0.25) is 0 Å². The van der Waals surface area contributed by atoms with Gasteiger partial charge in [-0.15, -0.1) is 0 Å². The molecule has 0 atom stereocenters.